The van der Waals surface area contributed by atoms with Gasteiger partial charge in [0.05, 0.1) is 6.26 Å². The highest BCUT2D eigenvalue weighted by Crippen LogP contribution is 2.30. The van der Waals surface area contributed by atoms with Gasteiger partial charge in [0.15, 0.2) is 4.77 Å². The maximum atomic E-state index is 5.55. The molecule has 0 aliphatic heterocycles. The Morgan fingerprint density at radius 2 is 2.12 bits per heavy atom. The van der Waals surface area contributed by atoms with Gasteiger partial charge in [-0.2, -0.15) is 0 Å². The number of furan rings is 1. The van der Waals surface area contributed by atoms with Crippen molar-refractivity contribution in [1.82, 2.24) is 9.97 Å². The Hall–Kier alpha value is -1.81. The molecule has 4 heteroatoms. The molecular formula is C13H12N2OS. The zero-order valence-corrected chi connectivity index (χ0v) is 10.2. The first kappa shape index (κ1) is 10.4. The maximum Gasteiger partial charge on any atom is 0.174 e. The Morgan fingerprint density at radius 3 is 2.88 bits per heavy atom. The predicted octanol–water partition coefficient (Wildman–Crippen LogP) is 3.97. The highest BCUT2D eigenvalue weighted by atomic mass is 32.1. The summed E-state index contributed by atoms with van der Waals surface area (Å²) in [6.07, 6.45) is 3.73. The summed E-state index contributed by atoms with van der Waals surface area (Å²) >= 11 is 5.04. The molecule has 0 fully saturated rings. The molecule has 17 heavy (non-hydrogen) atoms. The van der Waals surface area contributed by atoms with Crippen molar-refractivity contribution in [2.75, 3.05) is 0 Å². The third-order valence-electron chi connectivity index (χ3n) is 3.06. The van der Waals surface area contributed by atoms with Gasteiger partial charge in [-0.05, 0) is 18.3 Å². The van der Waals surface area contributed by atoms with Gasteiger partial charge in [0.1, 0.15) is 5.58 Å². The van der Waals surface area contributed by atoms with Crippen molar-refractivity contribution in [3.05, 3.63) is 52.8 Å². The van der Waals surface area contributed by atoms with E-state index in [0.29, 0.717) is 4.77 Å². The third-order valence-corrected chi connectivity index (χ3v) is 3.28. The third kappa shape index (κ3) is 1.70. The van der Waals surface area contributed by atoms with Gasteiger partial charge in [0, 0.05) is 28.8 Å². The van der Waals surface area contributed by atoms with Crippen LogP contribution < -0.4 is 0 Å². The zero-order valence-electron chi connectivity index (χ0n) is 9.36. The number of hydrogen-bond acceptors (Lipinski definition) is 2. The molecule has 86 valence electrons. The van der Waals surface area contributed by atoms with Gasteiger partial charge in [-0.25, -0.2) is 0 Å². The minimum atomic E-state index is 0.228. The van der Waals surface area contributed by atoms with E-state index in [1.807, 2.05) is 30.7 Å². The molecule has 0 saturated heterocycles. The van der Waals surface area contributed by atoms with Crippen molar-refractivity contribution in [2.24, 2.45) is 0 Å². The minimum absolute atomic E-state index is 0.228. The summed E-state index contributed by atoms with van der Waals surface area (Å²) < 4.78 is 6.20. The highest BCUT2D eigenvalue weighted by Gasteiger charge is 2.15. The molecule has 3 nitrogen and oxygen atoms in total. The van der Waals surface area contributed by atoms with E-state index in [2.05, 4.69) is 23.0 Å². The Bertz CT molecular complexity index is 707. The fraction of sp³-hybridized carbons (Fsp3) is 0.154. The second kappa shape index (κ2) is 3.89. The molecule has 0 aliphatic rings. The van der Waals surface area contributed by atoms with Crippen LogP contribution in [0.3, 0.4) is 0 Å². The summed E-state index contributed by atoms with van der Waals surface area (Å²) in [6.45, 7) is 2.13. The lowest BCUT2D eigenvalue weighted by atomic mass is 9.98. The Kier molecular flexibility index (Phi) is 2.37. The molecule has 2 aromatic heterocycles. The second-order valence-corrected chi connectivity index (χ2v) is 4.52. The number of aromatic nitrogens is 2. The number of H-pyrrole nitrogens is 2. The van der Waals surface area contributed by atoms with Crippen LogP contribution in [0.15, 0.2) is 41.1 Å². The number of imidazole rings is 1. The highest BCUT2D eigenvalue weighted by molar-refractivity contribution is 7.71. The van der Waals surface area contributed by atoms with Crippen LogP contribution in [0.5, 0.6) is 0 Å². The molecule has 3 rings (SSSR count). The molecule has 0 saturated carbocycles. The van der Waals surface area contributed by atoms with Crippen LogP contribution >= 0.6 is 12.2 Å². The number of fused-ring (bicyclic) bond motifs is 1. The van der Waals surface area contributed by atoms with Crippen molar-refractivity contribution < 1.29 is 4.42 Å². The average molecular weight is 244 g/mol. The summed E-state index contributed by atoms with van der Waals surface area (Å²) in [4.78, 5) is 6.13. The zero-order chi connectivity index (χ0) is 11.8. The van der Waals surface area contributed by atoms with Crippen molar-refractivity contribution in [2.45, 2.75) is 12.8 Å². The van der Waals surface area contributed by atoms with E-state index in [1.165, 1.54) is 5.56 Å². The molecule has 1 atom stereocenters. The van der Waals surface area contributed by atoms with Crippen molar-refractivity contribution in [3.8, 4) is 0 Å². The van der Waals surface area contributed by atoms with Crippen LogP contribution in [0.2, 0.25) is 0 Å². The van der Waals surface area contributed by atoms with Crippen LogP contribution in [0, 0.1) is 4.77 Å². The van der Waals surface area contributed by atoms with E-state index in [1.54, 1.807) is 0 Å². The summed E-state index contributed by atoms with van der Waals surface area (Å²) in [5, 5.41) is 1.15. The van der Waals surface area contributed by atoms with Gasteiger partial charge in [0.25, 0.3) is 0 Å². The van der Waals surface area contributed by atoms with E-state index < -0.39 is 0 Å². The quantitative estimate of drug-likeness (QED) is 0.670. The summed E-state index contributed by atoms with van der Waals surface area (Å²) in [5.41, 5.74) is 3.16. The monoisotopic (exact) mass is 244 g/mol. The normalized spacial score (nSPS) is 13.0. The lowest BCUT2D eigenvalue weighted by Gasteiger charge is -2.06. The fourth-order valence-corrected chi connectivity index (χ4v) is 2.26. The van der Waals surface area contributed by atoms with Crippen LogP contribution in [0.4, 0.5) is 0 Å². The van der Waals surface area contributed by atoms with Crippen LogP contribution in [0.1, 0.15) is 24.1 Å². The molecule has 2 N–H and O–H groups in total. The van der Waals surface area contributed by atoms with Gasteiger partial charge in [-0.15, -0.1) is 0 Å². The van der Waals surface area contributed by atoms with Gasteiger partial charge in [-0.3, -0.25) is 0 Å². The number of aromatic amines is 2. The standard InChI is InChI=1S/C13H12N2OS/c1-8(11-6-14-13(17)15-11)10-7-16-12-5-3-2-4-9(10)12/h2-8H,1H3,(H2,14,15,17). The molecule has 0 amide bonds. The number of hydrogen-bond donors (Lipinski definition) is 2. The number of rotatable bonds is 2. The van der Waals surface area contributed by atoms with Gasteiger partial charge in [0.2, 0.25) is 0 Å². The Labute approximate surface area is 103 Å². The summed E-state index contributed by atoms with van der Waals surface area (Å²) in [5.74, 6) is 0.228. The lowest BCUT2D eigenvalue weighted by molar-refractivity contribution is 0.607. The molecule has 3 aromatic rings. The molecule has 0 spiro atoms. The number of benzene rings is 1. The Morgan fingerprint density at radius 1 is 1.29 bits per heavy atom. The number of nitrogens with one attached hydrogen (secondary N) is 2. The van der Waals surface area contributed by atoms with E-state index in [9.17, 15) is 0 Å². The molecular weight excluding hydrogens is 232 g/mol. The second-order valence-electron chi connectivity index (χ2n) is 4.11. The molecule has 1 aromatic carbocycles. The van der Waals surface area contributed by atoms with Gasteiger partial charge < -0.3 is 14.4 Å². The van der Waals surface area contributed by atoms with Gasteiger partial charge in [-0.1, -0.05) is 25.1 Å². The van der Waals surface area contributed by atoms with E-state index in [0.717, 1.165) is 16.7 Å². The van der Waals surface area contributed by atoms with Crippen molar-refractivity contribution in [3.63, 3.8) is 0 Å². The molecule has 0 bridgehead atoms. The topological polar surface area (TPSA) is 44.7 Å². The average Bonchev–Trinajstić information content (AvgIpc) is 2.94. The molecule has 0 aliphatic carbocycles. The number of para-hydroxylation sites is 1. The first-order chi connectivity index (χ1) is 8.25. The first-order valence-electron chi connectivity index (χ1n) is 5.49. The van der Waals surface area contributed by atoms with Crippen LogP contribution in [0.25, 0.3) is 11.0 Å². The first-order valence-corrected chi connectivity index (χ1v) is 5.90. The van der Waals surface area contributed by atoms with E-state index in [-0.39, 0.29) is 5.92 Å². The maximum absolute atomic E-state index is 5.55. The largest absolute Gasteiger partial charge is 0.464 e. The Balaban J connectivity index is 2.12. The summed E-state index contributed by atoms with van der Waals surface area (Å²) in [7, 11) is 0. The van der Waals surface area contributed by atoms with Crippen LogP contribution in [-0.4, -0.2) is 9.97 Å². The molecule has 1 unspecified atom stereocenters. The van der Waals surface area contributed by atoms with Gasteiger partial charge >= 0.3 is 0 Å². The van der Waals surface area contributed by atoms with Crippen LogP contribution in [-0.2, 0) is 0 Å². The van der Waals surface area contributed by atoms with Crippen molar-refractivity contribution >= 4 is 23.2 Å². The SMILES string of the molecule is CC(c1c[nH]c(=S)[nH]1)c1coc2ccccc12. The fourth-order valence-electron chi connectivity index (χ4n) is 2.08. The minimum Gasteiger partial charge on any atom is -0.464 e. The lowest BCUT2D eigenvalue weighted by Crippen LogP contribution is -1.94. The molecule has 2 heterocycles. The molecule has 0 radical (unpaired) electrons. The van der Waals surface area contributed by atoms with E-state index in [4.69, 9.17) is 16.6 Å². The summed E-state index contributed by atoms with van der Waals surface area (Å²) in [6, 6.07) is 8.05. The van der Waals surface area contributed by atoms with E-state index >= 15 is 0 Å². The van der Waals surface area contributed by atoms with Crippen molar-refractivity contribution in [1.29, 1.82) is 0 Å². The smallest absolute Gasteiger partial charge is 0.174 e. The predicted molar refractivity (Wildman–Crippen MR) is 69.7 cm³/mol.